The highest BCUT2D eigenvalue weighted by atomic mass is 35.5. The number of anilines is 1. The van der Waals surface area contributed by atoms with Gasteiger partial charge in [-0.15, -0.1) is 0 Å². The van der Waals surface area contributed by atoms with Crippen molar-refractivity contribution in [1.82, 2.24) is 10.2 Å². The van der Waals surface area contributed by atoms with E-state index in [0.29, 0.717) is 22.0 Å². The molecule has 0 aliphatic heterocycles. The number of benzene rings is 4. The summed E-state index contributed by atoms with van der Waals surface area (Å²) < 4.78 is 35.1. The van der Waals surface area contributed by atoms with Gasteiger partial charge in [-0.05, 0) is 67.8 Å². The predicted octanol–water partition coefficient (Wildman–Crippen LogP) is 7.06. The van der Waals surface area contributed by atoms with Crippen LogP contribution < -0.4 is 14.4 Å². The van der Waals surface area contributed by atoms with Crippen molar-refractivity contribution in [2.24, 2.45) is 0 Å². The molecule has 4 aromatic rings. The summed E-state index contributed by atoms with van der Waals surface area (Å²) in [5.74, 6) is -0.719. The average Bonchev–Trinajstić information content (AvgIpc) is 3.06. The second-order valence-corrected chi connectivity index (χ2v) is 14.0. The summed E-state index contributed by atoms with van der Waals surface area (Å²) in [6.07, 6.45) is 0.858. The number of amides is 2. The van der Waals surface area contributed by atoms with E-state index < -0.39 is 28.5 Å². The van der Waals surface area contributed by atoms with Crippen molar-refractivity contribution in [3.63, 3.8) is 0 Å². The average molecular weight is 697 g/mol. The molecule has 4 rings (SSSR count). The van der Waals surface area contributed by atoms with Crippen LogP contribution >= 0.6 is 23.2 Å². The maximum absolute atomic E-state index is 14.7. The molecule has 0 aromatic heterocycles. The summed E-state index contributed by atoms with van der Waals surface area (Å²) in [6.45, 7) is 5.00. The van der Waals surface area contributed by atoms with Crippen molar-refractivity contribution in [3.8, 4) is 5.75 Å². The van der Waals surface area contributed by atoms with E-state index in [9.17, 15) is 18.0 Å². The van der Waals surface area contributed by atoms with E-state index in [1.807, 2.05) is 51.1 Å². The molecule has 0 aliphatic carbocycles. The first-order chi connectivity index (χ1) is 22.4. The number of nitrogens with zero attached hydrogens (tertiary/aromatic N) is 2. The lowest BCUT2D eigenvalue weighted by molar-refractivity contribution is -0.140. The van der Waals surface area contributed by atoms with E-state index in [1.165, 1.54) is 24.1 Å². The second-order valence-electron chi connectivity index (χ2n) is 11.3. The number of carbonyl (C=O) groups excluding carboxylic acids is 2. The van der Waals surface area contributed by atoms with Crippen LogP contribution in [0.3, 0.4) is 0 Å². The number of methoxy groups -OCH3 is 1. The van der Waals surface area contributed by atoms with E-state index in [4.69, 9.17) is 27.9 Å². The van der Waals surface area contributed by atoms with Crippen LogP contribution in [0.15, 0.2) is 102 Å². The summed E-state index contributed by atoms with van der Waals surface area (Å²) in [5.41, 5.74) is 2.43. The Hall–Kier alpha value is -4.05. The van der Waals surface area contributed by atoms with Crippen LogP contribution in [0.5, 0.6) is 5.75 Å². The number of carbonyl (C=O) groups is 2. The maximum atomic E-state index is 14.7. The van der Waals surface area contributed by atoms with Crippen LogP contribution in [-0.2, 0) is 32.6 Å². The number of halogens is 2. The van der Waals surface area contributed by atoms with E-state index >= 15 is 0 Å². The Bertz CT molecular complexity index is 1790. The van der Waals surface area contributed by atoms with E-state index in [0.717, 1.165) is 15.4 Å². The minimum Gasteiger partial charge on any atom is -0.495 e. The third kappa shape index (κ3) is 9.06. The van der Waals surface area contributed by atoms with Gasteiger partial charge >= 0.3 is 0 Å². The topological polar surface area (TPSA) is 96.0 Å². The van der Waals surface area contributed by atoms with Crippen LogP contribution in [0, 0.1) is 6.92 Å². The maximum Gasteiger partial charge on any atom is 0.264 e. The Morgan fingerprint density at radius 3 is 2.21 bits per heavy atom. The smallest absolute Gasteiger partial charge is 0.264 e. The molecule has 0 bridgehead atoms. The summed E-state index contributed by atoms with van der Waals surface area (Å²) in [4.78, 5) is 30.1. The number of ether oxygens (including phenoxy) is 1. The van der Waals surface area contributed by atoms with Crippen molar-refractivity contribution in [1.29, 1.82) is 0 Å². The van der Waals surface area contributed by atoms with Crippen LogP contribution in [0.25, 0.3) is 0 Å². The molecule has 8 nitrogen and oxygen atoms in total. The molecule has 0 fully saturated rings. The summed E-state index contributed by atoms with van der Waals surface area (Å²) >= 11 is 12.8. The van der Waals surface area contributed by atoms with Crippen LogP contribution in [0.1, 0.15) is 37.0 Å². The Kier molecular flexibility index (Phi) is 12.3. The molecule has 0 saturated carbocycles. The number of rotatable bonds is 14. The van der Waals surface area contributed by atoms with Crippen molar-refractivity contribution >= 4 is 50.7 Å². The number of nitrogens with one attached hydrogen (secondary N) is 1. The monoisotopic (exact) mass is 695 g/mol. The van der Waals surface area contributed by atoms with Gasteiger partial charge in [0.1, 0.15) is 18.3 Å². The predicted molar refractivity (Wildman–Crippen MR) is 188 cm³/mol. The van der Waals surface area contributed by atoms with Crippen molar-refractivity contribution in [2.45, 2.75) is 57.1 Å². The van der Waals surface area contributed by atoms with Gasteiger partial charge in [-0.3, -0.25) is 13.9 Å². The molecule has 2 amide bonds. The molecular formula is C36H39Cl2N3O5S. The van der Waals surface area contributed by atoms with E-state index in [1.54, 1.807) is 54.6 Å². The van der Waals surface area contributed by atoms with Crippen LogP contribution in [-0.4, -0.2) is 50.9 Å². The minimum atomic E-state index is -4.28. The van der Waals surface area contributed by atoms with Gasteiger partial charge < -0.3 is 15.0 Å². The van der Waals surface area contributed by atoms with E-state index in [-0.39, 0.29) is 41.2 Å². The fourth-order valence-electron chi connectivity index (χ4n) is 5.02. The van der Waals surface area contributed by atoms with Crippen molar-refractivity contribution in [3.05, 3.63) is 124 Å². The van der Waals surface area contributed by atoms with Gasteiger partial charge in [0.25, 0.3) is 10.0 Å². The minimum absolute atomic E-state index is 0.00412. The SMILES string of the molecule is CC[C@H](C)NC(=O)[C@@H](Cc1ccccc1)N(Cc1ccc(Cl)cc1Cl)C(=O)CN(c1ccccc1OC)S(=O)(=O)c1ccc(C)cc1. The number of sulfonamides is 1. The fourth-order valence-corrected chi connectivity index (χ4v) is 6.91. The molecule has 0 spiro atoms. The zero-order valence-electron chi connectivity index (χ0n) is 26.8. The Morgan fingerprint density at radius 1 is 0.915 bits per heavy atom. The first-order valence-electron chi connectivity index (χ1n) is 15.2. The van der Waals surface area contributed by atoms with Crippen LogP contribution in [0.2, 0.25) is 10.0 Å². The zero-order valence-corrected chi connectivity index (χ0v) is 29.1. The van der Waals surface area contributed by atoms with Gasteiger partial charge in [-0.1, -0.05) is 96.4 Å². The molecule has 0 saturated heterocycles. The number of hydrogen-bond donors (Lipinski definition) is 1. The molecule has 0 heterocycles. The van der Waals surface area contributed by atoms with Crippen molar-refractivity contribution < 1.29 is 22.7 Å². The summed E-state index contributed by atoms with van der Waals surface area (Å²) in [6, 6.07) is 26.1. The second kappa shape index (κ2) is 16.2. The molecule has 248 valence electrons. The third-order valence-corrected chi connectivity index (χ3v) is 10.2. The Labute approximate surface area is 287 Å². The molecule has 0 unspecified atom stereocenters. The van der Waals surface area contributed by atoms with E-state index in [2.05, 4.69) is 5.32 Å². The largest absolute Gasteiger partial charge is 0.495 e. The quantitative estimate of drug-likeness (QED) is 0.152. The number of para-hydroxylation sites is 2. The standard InChI is InChI=1S/C36H39Cl2N3O5S/c1-5-26(3)39-36(43)33(21-27-11-7-6-8-12-27)40(23-28-17-18-29(37)22-31(28)38)35(42)24-41(32-13-9-10-14-34(32)46-4)47(44,45)30-19-15-25(2)16-20-30/h6-20,22,26,33H,5,21,23-24H2,1-4H3,(H,39,43)/t26-,33+/m0/s1. The molecule has 1 N–H and O–H groups in total. The van der Waals surface area contributed by atoms with Gasteiger partial charge in [-0.2, -0.15) is 0 Å². The van der Waals surface area contributed by atoms with Gasteiger partial charge in [0, 0.05) is 29.1 Å². The molecule has 11 heteroatoms. The lowest BCUT2D eigenvalue weighted by Gasteiger charge is -2.34. The fraction of sp³-hybridized carbons (Fsp3) is 0.278. The molecule has 2 atom stereocenters. The lowest BCUT2D eigenvalue weighted by Crippen LogP contribution is -2.54. The lowest BCUT2D eigenvalue weighted by atomic mass is 10.0. The molecule has 4 aromatic carbocycles. The molecule has 0 aliphatic rings. The van der Waals surface area contributed by atoms with Crippen molar-refractivity contribution in [2.75, 3.05) is 18.0 Å². The summed E-state index contributed by atoms with van der Waals surface area (Å²) in [7, 11) is -2.85. The van der Waals surface area contributed by atoms with Gasteiger partial charge in [-0.25, -0.2) is 8.42 Å². The Balaban J connectivity index is 1.85. The third-order valence-electron chi connectivity index (χ3n) is 7.87. The summed E-state index contributed by atoms with van der Waals surface area (Å²) in [5, 5.41) is 3.75. The highest BCUT2D eigenvalue weighted by Crippen LogP contribution is 2.33. The van der Waals surface area contributed by atoms with Crippen LogP contribution in [0.4, 0.5) is 5.69 Å². The highest BCUT2D eigenvalue weighted by Gasteiger charge is 2.36. The molecule has 47 heavy (non-hydrogen) atoms. The first kappa shape index (κ1) is 35.8. The van der Waals surface area contributed by atoms with Gasteiger partial charge in [0.15, 0.2) is 0 Å². The Morgan fingerprint density at radius 2 is 1.57 bits per heavy atom. The number of hydrogen-bond acceptors (Lipinski definition) is 5. The molecule has 0 radical (unpaired) electrons. The normalized spacial score (nSPS) is 12.6. The highest BCUT2D eigenvalue weighted by molar-refractivity contribution is 7.92. The molecular weight excluding hydrogens is 657 g/mol. The number of aryl methyl sites for hydroxylation is 1. The zero-order chi connectivity index (χ0) is 34.1. The van der Waals surface area contributed by atoms with Gasteiger partial charge in [0.2, 0.25) is 11.8 Å². The van der Waals surface area contributed by atoms with Gasteiger partial charge in [0.05, 0.1) is 17.7 Å². The first-order valence-corrected chi connectivity index (χ1v) is 17.4.